The Balaban J connectivity index is 2.70. The molecule has 0 fully saturated rings. The van der Waals surface area contributed by atoms with Gasteiger partial charge < -0.3 is 5.73 Å². The molecule has 2 N–H and O–H groups in total. The summed E-state index contributed by atoms with van der Waals surface area (Å²) in [6, 6.07) is 1.34. The molecule has 1 aliphatic carbocycles. The SMILES string of the molecule is Cc1c(Cl)cc(F)c2c1[C@H](N)CC2. The van der Waals surface area contributed by atoms with Gasteiger partial charge in [-0.1, -0.05) is 11.6 Å². The van der Waals surface area contributed by atoms with Crippen LogP contribution in [0.5, 0.6) is 0 Å². The molecule has 0 spiro atoms. The lowest BCUT2D eigenvalue weighted by atomic mass is 10.0. The lowest BCUT2D eigenvalue weighted by molar-refractivity contribution is 0.612. The molecule has 0 saturated carbocycles. The first kappa shape index (κ1) is 8.97. The van der Waals surface area contributed by atoms with E-state index in [9.17, 15) is 4.39 Å². The van der Waals surface area contributed by atoms with Crippen LogP contribution in [0.4, 0.5) is 4.39 Å². The molecule has 1 aliphatic rings. The summed E-state index contributed by atoms with van der Waals surface area (Å²) in [5, 5.41) is 0.480. The fourth-order valence-corrected chi connectivity index (χ4v) is 2.19. The summed E-state index contributed by atoms with van der Waals surface area (Å²) in [6.45, 7) is 1.89. The van der Waals surface area contributed by atoms with Crippen LogP contribution in [0, 0.1) is 12.7 Å². The summed E-state index contributed by atoms with van der Waals surface area (Å²) in [7, 11) is 0. The zero-order chi connectivity index (χ0) is 9.59. The molecule has 1 aromatic rings. The van der Waals surface area contributed by atoms with Gasteiger partial charge in [0.1, 0.15) is 5.82 Å². The Hall–Kier alpha value is -0.600. The van der Waals surface area contributed by atoms with Crippen LogP contribution in [0.1, 0.15) is 29.2 Å². The Bertz CT molecular complexity index is 362. The first-order valence-electron chi connectivity index (χ1n) is 4.34. The maximum atomic E-state index is 13.4. The maximum absolute atomic E-state index is 13.4. The summed E-state index contributed by atoms with van der Waals surface area (Å²) < 4.78 is 13.4. The van der Waals surface area contributed by atoms with Crippen LogP contribution in [0.2, 0.25) is 5.02 Å². The molecule has 0 aliphatic heterocycles. The smallest absolute Gasteiger partial charge is 0.128 e. The van der Waals surface area contributed by atoms with Crippen molar-refractivity contribution in [2.45, 2.75) is 25.8 Å². The van der Waals surface area contributed by atoms with Crippen LogP contribution in [0.15, 0.2) is 6.07 Å². The standard InChI is InChI=1S/C10H11ClFN/c1-5-7(11)4-8(12)6-2-3-9(13)10(5)6/h4,9H,2-3,13H2,1H3/t9-/m1/s1. The van der Waals surface area contributed by atoms with Crippen LogP contribution in [0.25, 0.3) is 0 Å². The third kappa shape index (κ3) is 1.25. The van der Waals surface area contributed by atoms with Crippen molar-refractivity contribution < 1.29 is 4.39 Å². The number of rotatable bonds is 0. The second-order valence-corrected chi connectivity index (χ2v) is 3.91. The maximum Gasteiger partial charge on any atom is 0.128 e. The number of hydrogen-bond acceptors (Lipinski definition) is 1. The van der Waals surface area contributed by atoms with E-state index < -0.39 is 0 Å². The minimum atomic E-state index is -0.210. The minimum absolute atomic E-state index is 0.0387. The highest BCUT2D eigenvalue weighted by atomic mass is 35.5. The first-order valence-corrected chi connectivity index (χ1v) is 4.72. The van der Waals surface area contributed by atoms with Crippen LogP contribution < -0.4 is 5.73 Å². The van der Waals surface area contributed by atoms with E-state index in [-0.39, 0.29) is 11.9 Å². The zero-order valence-corrected chi connectivity index (χ0v) is 8.16. The number of benzene rings is 1. The molecular weight excluding hydrogens is 189 g/mol. The Morgan fingerprint density at radius 1 is 1.62 bits per heavy atom. The first-order chi connectivity index (χ1) is 6.11. The summed E-state index contributed by atoms with van der Waals surface area (Å²) >= 11 is 5.87. The third-order valence-electron chi connectivity index (χ3n) is 2.71. The van der Waals surface area contributed by atoms with Gasteiger partial charge in [-0.05, 0) is 42.5 Å². The predicted octanol–water partition coefficient (Wildman–Crippen LogP) is 2.73. The average molecular weight is 200 g/mol. The molecule has 0 radical (unpaired) electrons. The second-order valence-electron chi connectivity index (χ2n) is 3.50. The van der Waals surface area contributed by atoms with E-state index in [1.807, 2.05) is 6.92 Å². The highest BCUT2D eigenvalue weighted by molar-refractivity contribution is 6.31. The van der Waals surface area contributed by atoms with E-state index in [0.717, 1.165) is 29.5 Å². The fourth-order valence-electron chi connectivity index (χ4n) is 1.99. The van der Waals surface area contributed by atoms with E-state index in [4.69, 9.17) is 17.3 Å². The molecule has 0 unspecified atom stereocenters. The van der Waals surface area contributed by atoms with Gasteiger partial charge in [0.25, 0.3) is 0 Å². The van der Waals surface area contributed by atoms with Crippen molar-refractivity contribution in [3.05, 3.63) is 33.6 Å². The van der Waals surface area contributed by atoms with Crippen molar-refractivity contribution >= 4 is 11.6 Å². The second kappa shape index (κ2) is 2.96. The highest BCUT2D eigenvalue weighted by Gasteiger charge is 2.25. The number of hydrogen-bond donors (Lipinski definition) is 1. The molecule has 0 aromatic heterocycles. The lowest BCUT2D eigenvalue weighted by Gasteiger charge is -2.10. The zero-order valence-electron chi connectivity index (χ0n) is 7.40. The average Bonchev–Trinajstić information content (AvgIpc) is 2.44. The minimum Gasteiger partial charge on any atom is -0.324 e. The highest BCUT2D eigenvalue weighted by Crippen LogP contribution is 2.36. The van der Waals surface area contributed by atoms with E-state index in [1.165, 1.54) is 6.07 Å². The topological polar surface area (TPSA) is 26.0 Å². The summed E-state index contributed by atoms with van der Waals surface area (Å²) in [4.78, 5) is 0. The van der Waals surface area contributed by atoms with Crippen molar-refractivity contribution in [3.8, 4) is 0 Å². The lowest BCUT2D eigenvalue weighted by Crippen LogP contribution is -2.07. The quantitative estimate of drug-likeness (QED) is 0.683. The van der Waals surface area contributed by atoms with Crippen molar-refractivity contribution in [1.82, 2.24) is 0 Å². The summed E-state index contributed by atoms with van der Waals surface area (Å²) in [5.74, 6) is -0.210. The number of halogens is 2. The Morgan fingerprint density at radius 2 is 2.31 bits per heavy atom. The molecule has 3 heteroatoms. The van der Waals surface area contributed by atoms with Gasteiger partial charge in [0.15, 0.2) is 0 Å². The van der Waals surface area contributed by atoms with E-state index in [1.54, 1.807) is 0 Å². The molecule has 1 aromatic carbocycles. The molecule has 0 bridgehead atoms. The summed E-state index contributed by atoms with van der Waals surface area (Å²) in [6.07, 6.45) is 1.56. The largest absolute Gasteiger partial charge is 0.324 e. The van der Waals surface area contributed by atoms with Crippen LogP contribution >= 0.6 is 11.6 Å². The third-order valence-corrected chi connectivity index (χ3v) is 3.10. The summed E-state index contributed by atoms with van der Waals surface area (Å²) in [5.41, 5.74) is 8.47. The molecule has 1 nitrogen and oxygen atoms in total. The number of fused-ring (bicyclic) bond motifs is 1. The molecule has 1 atom stereocenters. The Labute approximate surface area is 81.7 Å². The molecule has 70 valence electrons. The van der Waals surface area contributed by atoms with Gasteiger partial charge in [-0.3, -0.25) is 0 Å². The Kier molecular flexibility index (Phi) is 2.05. The van der Waals surface area contributed by atoms with Gasteiger partial charge in [-0.2, -0.15) is 0 Å². The van der Waals surface area contributed by atoms with Gasteiger partial charge in [-0.15, -0.1) is 0 Å². The Morgan fingerprint density at radius 3 is 3.00 bits per heavy atom. The van der Waals surface area contributed by atoms with Gasteiger partial charge in [0.2, 0.25) is 0 Å². The fraction of sp³-hybridized carbons (Fsp3) is 0.400. The van der Waals surface area contributed by atoms with E-state index >= 15 is 0 Å². The molecule has 0 amide bonds. The molecule has 2 rings (SSSR count). The van der Waals surface area contributed by atoms with Crippen molar-refractivity contribution in [1.29, 1.82) is 0 Å². The normalized spacial score (nSPS) is 20.5. The van der Waals surface area contributed by atoms with Gasteiger partial charge in [-0.25, -0.2) is 4.39 Å². The van der Waals surface area contributed by atoms with E-state index in [0.29, 0.717) is 5.02 Å². The van der Waals surface area contributed by atoms with E-state index in [2.05, 4.69) is 0 Å². The predicted molar refractivity (Wildman–Crippen MR) is 51.4 cm³/mol. The van der Waals surface area contributed by atoms with Crippen molar-refractivity contribution in [2.24, 2.45) is 5.73 Å². The monoisotopic (exact) mass is 199 g/mol. The van der Waals surface area contributed by atoms with Crippen molar-refractivity contribution in [2.75, 3.05) is 0 Å². The molecule has 13 heavy (non-hydrogen) atoms. The van der Waals surface area contributed by atoms with Gasteiger partial charge in [0.05, 0.1) is 0 Å². The molecule has 0 heterocycles. The van der Waals surface area contributed by atoms with Gasteiger partial charge >= 0.3 is 0 Å². The van der Waals surface area contributed by atoms with Crippen LogP contribution in [-0.4, -0.2) is 0 Å². The van der Waals surface area contributed by atoms with Gasteiger partial charge in [0, 0.05) is 11.1 Å². The van der Waals surface area contributed by atoms with Crippen LogP contribution in [0.3, 0.4) is 0 Å². The molecule has 0 saturated heterocycles. The number of nitrogens with two attached hydrogens (primary N) is 1. The molecular formula is C10H11ClFN. The van der Waals surface area contributed by atoms with Crippen molar-refractivity contribution in [3.63, 3.8) is 0 Å². The van der Waals surface area contributed by atoms with Crippen LogP contribution in [-0.2, 0) is 6.42 Å².